The van der Waals surface area contributed by atoms with E-state index in [1.807, 2.05) is 42.7 Å². The van der Waals surface area contributed by atoms with Crippen LogP contribution in [0.2, 0.25) is 5.02 Å². The Hall–Kier alpha value is -1.10. The Bertz CT molecular complexity index is 827. The Morgan fingerprint density at radius 1 is 1.33 bits per heavy atom. The van der Waals surface area contributed by atoms with Gasteiger partial charge in [-0.05, 0) is 53.5 Å². The van der Waals surface area contributed by atoms with Gasteiger partial charge < -0.3 is 0 Å². The summed E-state index contributed by atoms with van der Waals surface area (Å²) in [6.45, 7) is 3.87. The molecule has 0 N–H and O–H groups in total. The molecule has 0 saturated heterocycles. The number of pyridine rings is 1. The first kappa shape index (κ1) is 14.8. The fourth-order valence-corrected chi connectivity index (χ4v) is 2.94. The smallest absolute Gasteiger partial charge is 0.164 e. The maximum Gasteiger partial charge on any atom is 0.164 e. The number of rotatable bonds is 2. The number of hydrogen-bond donors (Lipinski definition) is 0. The summed E-state index contributed by atoms with van der Waals surface area (Å²) < 4.78 is 2.86. The highest BCUT2D eigenvalue weighted by molar-refractivity contribution is 9.10. The molecule has 3 rings (SSSR count). The van der Waals surface area contributed by atoms with E-state index in [2.05, 4.69) is 25.9 Å². The average molecular weight is 385 g/mol. The number of halogens is 3. The van der Waals surface area contributed by atoms with Crippen LogP contribution in [0.1, 0.15) is 23.7 Å². The molecule has 0 fully saturated rings. The van der Waals surface area contributed by atoms with Crippen molar-refractivity contribution in [1.29, 1.82) is 0 Å². The van der Waals surface area contributed by atoms with Gasteiger partial charge in [-0.15, -0.1) is 11.6 Å². The standard InChI is InChI=1S/C15H12BrCl2N3/c1-8-11(18)4-3-5-13(8)21-14(9(2)17)20-12-6-10(16)7-19-15(12)21/h3-7,9H,1-2H3. The summed E-state index contributed by atoms with van der Waals surface area (Å²) in [7, 11) is 0. The molecule has 1 aromatic carbocycles. The molecule has 2 heterocycles. The van der Waals surface area contributed by atoms with Crippen molar-refractivity contribution in [3.8, 4) is 5.69 Å². The molecule has 21 heavy (non-hydrogen) atoms. The molecule has 108 valence electrons. The summed E-state index contributed by atoms with van der Waals surface area (Å²) in [5.41, 5.74) is 3.49. The van der Waals surface area contributed by atoms with Crippen molar-refractivity contribution in [3.63, 3.8) is 0 Å². The molecule has 0 aliphatic carbocycles. The lowest BCUT2D eigenvalue weighted by Gasteiger charge is -2.13. The minimum atomic E-state index is -0.239. The fraction of sp³-hybridized carbons (Fsp3) is 0.200. The summed E-state index contributed by atoms with van der Waals surface area (Å²) in [4.78, 5) is 9.10. The van der Waals surface area contributed by atoms with E-state index >= 15 is 0 Å². The second-order valence-electron chi connectivity index (χ2n) is 4.80. The Morgan fingerprint density at radius 3 is 2.81 bits per heavy atom. The molecule has 0 amide bonds. The third kappa shape index (κ3) is 2.56. The molecule has 0 aliphatic heterocycles. The molecule has 1 unspecified atom stereocenters. The number of imidazole rings is 1. The number of hydrogen-bond acceptors (Lipinski definition) is 2. The molecular formula is C15H12BrCl2N3. The minimum absolute atomic E-state index is 0.239. The van der Waals surface area contributed by atoms with Crippen molar-refractivity contribution in [3.05, 3.63) is 51.3 Å². The molecule has 6 heteroatoms. The van der Waals surface area contributed by atoms with Crippen LogP contribution in [0, 0.1) is 6.92 Å². The van der Waals surface area contributed by atoms with Crippen molar-refractivity contribution < 1.29 is 0 Å². The summed E-state index contributed by atoms with van der Waals surface area (Å²) >= 11 is 16.0. The van der Waals surface area contributed by atoms with Gasteiger partial charge in [0, 0.05) is 15.7 Å². The van der Waals surface area contributed by atoms with Gasteiger partial charge in [-0.2, -0.15) is 0 Å². The third-order valence-electron chi connectivity index (χ3n) is 3.33. The first-order valence-corrected chi connectivity index (χ1v) is 8.03. The van der Waals surface area contributed by atoms with E-state index in [0.717, 1.165) is 32.7 Å². The highest BCUT2D eigenvalue weighted by Crippen LogP contribution is 2.31. The topological polar surface area (TPSA) is 30.7 Å². The largest absolute Gasteiger partial charge is 0.279 e. The minimum Gasteiger partial charge on any atom is -0.279 e. The molecule has 3 aromatic rings. The summed E-state index contributed by atoms with van der Waals surface area (Å²) in [5, 5.41) is 0.469. The van der Waals surface area contributed by atoms with Gasteiger partial charge in [-0.1, -0.05) is 17.7 Å². The maximum absolute atomic E-state index is 6.31. The maximum atomic E-state index is 6.31. The van der Waals surface area contributed by atoms with Crippen LogP contribution >= 0.6 is 39.1 Å². The zero-order chi connectivity index (χ0) is 15.1. The zero-order valence-corrected chi connectivity index (χ0v) is 14.5. The number of nitrogens with zero attached hydrogens (tertiary/aromatic N) is 3. The summed E-state index contributed by atoms with van der Waals surface area (Å²) in [5.74, 6) is 0.752. The summed E-state index contributed by atoms with van der Waals surface area (Å²) in [6.07, 6.45) is 1.75. The predicted molar refractivity (Wildman–Crippen MR) is 90.6 cm³/mol. The van der Waals surface area contributed by atoms with Gasteiger partial charge in [0.1, 0.15) is 11.3 Å². The lowest BCUT2D eigenvalue weighted by molar-refractivity contribution is 0.873. The molecule has 0 saturated carbocycles. The molecule has 3 nitrogen and oxygen atoms in total. The van der Waals surface area contributed by atoms with Gasteiger partial charge >= 0.3 is 0 Å². The van der Waals surface area contributed by atoms with Crippen LogP contribution in [0.5, 0.6) is 0 Å². The van der Waals surface area contributed by atoms with Crippen LogP contribution in [0.15, 0.2) is 34.9 Å². The molecular weight excluding hydrogens is 373 g/mol. The molecule has 1 atom stereocenters. The Morgan fingerprint density at radius 2 is 2.10 bits per heavy atom. The second-order valence-corrected chi connectivity index (χ2v) is 6.78. The average Bonchev–Trinajstić information content (AvgIpc) is 2.80. The van der Waals surface area contributed by atoms with Gasteiger partial charge in [-0.3, -0.25) is 4.57 Å². The van der Waals surface area contributed by atoms with Crippen molar-refractivity contribution >= 4 is 50.3 Å². The van der Waals surface area contributed by atoms with Crippen LogP contribution in [0.3, 0.4) is 0 Å². The highest BCUT2D eigenvalue weighted by Gasteiger charge is 2.19. The number of aromatic nitrogens is 3. The third-order valence-corrected chi connectivity index (χ3v) is 4.36. The normalized spacial score (nSPS) is 12.8. The fourth-order valence-electron chi connectivity index (χ4n) is 2.30. The SMILES string of the molecule is Cc1c(Cl)cccc1-n1c(C(C)Cl)nc2cc(Br)cnc21. The Kier molecular flexibility index (Phi) is 3.95. The number of benzene rings is 1. The number of alkyl halides is 1. The lowest BCUT2D eigenvalue weighted by atomic mass is 10.2. The van der Waals surface area contributed by atoms with E-state index < -0.39 is 0 Å². The van der Waals surface area contributed by atoms with E-state index in [-0.39, 0.29) is 5.38 Å². The zero-order valence-electron chi connectivity index (χ0n) is 11.4. The van der Waals surface area contributed by atoms with Crippen LogP contribution in [0.4, 0.5) is 0 Å². The van der Waals surface area contributed by atoms with Crippen LogP contribution < -0.4 is 0 Å². The van der Waals surface area contributed by atoms with Crippen molar-refractivity contribution in [1.82, 2.24) is 14.5 Å². The first-order valence-electron chi connectivity index (χ1n) is 6.42. The monoisotopic (exact) mass is 383 g/mol. The predicted octanol–water partition coefficient (Wildman–Crippen LogP) is 5.44. The molecule has 0 aliphatic rings. The molecule has 0 bridgehead atoms. The van der Waals surface area contributed by atoms with Crippen molar-refractivity contribution in [2.45, 2.75) is 19.2 Å². The Labute approximate surface area is 141 Å². The van der Waals surface area contributed by atoms with E-state index in [1.165, 1.54) is 0 Å². The number of fused-ring (bicyclic) bond motifs is 1. The van der Waals surface area contributed by atoms with E-state index in [0.29, 0.717) is 5.02 Å². The van der Waals surface area contributed by atoms with Gasteiger partial charge in [0.25, 0.3) is 0 Å². The van der Waals surface area contributed by atoms with Crippen LogP contribution in [0.25, 0.3) is 16.9 Å². The lowest BCUT2D eigenvalue weighted by Crippen LogP contribution is -2.04. The van der Waals surface area contributed by atoms with Gasteiger partial charge in [0.2, 0.25) is 0 Å². The van der Waals surface area contributed by atoms with Crippen LogP contribution in [-0.4, -0.2) is 14.5 Å². The molecule has 0 spiro atoms. The van der Waals surface area contributed by atoms with Gasteiger partial charge in [0.15, 0.2) is 5.65 Å². The van der Waals surface area contributed by atoms with Crippen LogP contribution in [-0.2, 0) is 0 Å². The van der Waals surface area contributed by atoms with Crippen molar-refractivity contribution in [2.24, 2.45) is 0 Å². The quantitative estimate of drug-likeness (QED) is 0.550. The summed E-state index contributed by atoms with van der Waals surface area (Å²) in [6, 6.07) is 7.71. The second kappa shape index (κ2) is 5.59. The van der Waals surface area contributed by atoms with E-state index in [1.54, 1.807) is 6.20 Å². The van der Waals surface area contributed by atoms with Crippen molar-refractivity contribution in [2.75, 3.05) is 0 Å². The molecule has 0 radical (unpaired) electrons. The first-order chi connectivity index (χ1) is 9.99. The highest BCUT2D eigenvalue weighted by atomic mass is 79.9. The Balaban J connectivity index is 2.39. The van der Waals surface area contributed by atoms with E-state index in [4.69, 9.17) is 23.2 Å². The van der Waals surface area contributed by atoms with E-state index in [9.17, 15) is 0 Å². The molecule has 2 aromatic heterocycles. The van der Waals surface area contributed by atoms with Gasteiger partial charge in [0.05, 0.1) is 11.1 Å². The van der Waals surface area contributed by atoms with Gasteiger partial charge in [-0.25, -0.2) is 9.97 Å².